The van der Waals surface area contributed by atoms with Crippen LogP contribution in [0.3, 0.4) is 0 Å². The van der Waals surface area contributed by atoms with Gasteiger partial charge in [0, 0.05) is 0 Å². The van der Waals surface area contributed by atoms with E-state index in [0.717, 1.165) is 11.1 Å². The minimum atomic E-state index is -0.986. The number of ether oxygens (including phenoxy) is 2. The van der Waals surface area contributed by atoms with Gasteiger partial charge in [-0.15, -0.1) is 0 Å². The molecule has 0 radical (unpaired) electrons. The summed E-state index contributed by atoms with van der Waals surface area (Å²) in [5, 5.41) is 11.6. The van der Waals surface area contributed by atoms with Gasteiger partial charge in [0.2, 0.25) is 0 Å². The van der Waals surface area contributed by atoms with E-state index in [1.165, 1.54) is 24.9 Å². The summed E-state index contributed by atoms with van der Waals surface area (Å²) < 4.78 is 11.6. The molecule has 1 heterocycles. The van der Waals surface area contributed by atoms with E-state index < -0.39 is 5.97 Å². The highest BCUT2D eigenvalue weighted by Crippen LogP contribution is 2.32. The highest BCUT2D eigenvalue weighted by Gasteiger charge is 2.22. The minimum Gasteiger partial charge on any atom is -0.493 e. The number of benzene rings is 2. The van der Waals surface area contributed by atoms with Crippen LogP contribution in [0.25, 0.3) is 6.08 Å². The van der Waals surface area contributed by atoms with Gasteiger partial charge in [0.1, 0.15) is 10.9 Å². The van der Waals surface area contributed by atoms with Gasteiger partial charge in [-0.1, -0.05) is 42.2 Å². The molecular weight excluding hydrogens is 386 g/mol. The second-order valence-electron chi connectivity index (χ2n) is 5.56. The zero-order valence-electron chi connectivity index (χ0n) is 14.2. The fourth-order valence-electron chi connectivity index (χ4n) is 2.42. The van der Waals surface area contributed by atoms with Crippen LogP contribution in [0.4, 0.5) is 0 Å². The van der Waals surface area contributed by atoms with Crippen LogP contribution in [0.15, 0.2) is 47.4 Å². The molecule has 1 fully saturated rings. The Morgan fingerprint density at radius 1 is 1.26 bits per heavy atom. The Morgan fingerprint density at radius 3 is 2.74 bits per heavy atom. The molecule has 2 aromatic rings. The van der Waals surface area contributed by atoms with Crippen molar-refractivity contribution in [2.75, 3.05) is 7.11 Å². The third kappa shape index (κ3) is 4.66. The smallest absolute Gasteiger partial charge is 0.335 e. The summed E-state index contributed by atoms with van der Waals surface area (Å²) in [5.41, 5.74) is 1.71. The first-order chi connectivity index (χ1) is 13.0. The second-order valence-corrected chi connectivity index (χ2v) is 7.28. The lowest BCUT2D eigenvalue weighted by Gasteiger charge is -2.12. The summed E-state index contributed by atoms with van der Waals surface area (Å²) in [6, 6.07) is 11.8. The maximum absolute atomic E-state index is 11.8. The number of carboxylic acid groups (broad SMARTS) is 1. The van der Waals surface area contributed by atoms with Gasteiger partial charge in [0.05, 0.1) is 17.6 Å². The highest BCUT2D eigenvalue weighted by atomic mass is 32.2. The molecule has 0 aromatic heterocycles. The Morgan fingerprint density at radius 2 is 2.07 bits per heavy atom. The summed E-state index contributed by atoms with van der Waals surface area (Å²) in [4.78, 5) is 23.3. The fourth-order valence-corrected chi connectivity index (χ4v) is 3.47. The van der Waals surface area contributed by atoms with Crippen molar-refractivity contribution in [1.29, 1.82) is 0 Å². The number of carbonyl (C=O) groups is 2. The van der Waals surface area contributed by atoms with E-state index in [0.29, 0.717) is 20.7 Å². The lowest BCUT2D eigenvalue weighted by Crippen LogP contribution is -2.17. The van der Waals surface area contributed by atoms with Crippen LogP contribution < -0.4 is 14.8 Å². The zero-order valence-corrected chi connectivity index (χ0v) is 15.9. The van der Waals surface area contributed by atoms with E-state index in [2.05, 4.69) is 5.32 Å². The molecule has 3 rings (SSSR count). The molecule has 0 atom stereocenters. The molecule has 2 aromatic carbocycles. The lowest BCUT2D eigenvalue weighted by molar-refractivity contribution is -0.115. The van der Waals surface area contributed by atoms with Crippen molar-refractivity contribution in [1.82, 2.24) is 5.32 Å². The highest BCUT2D eigenvalue weighted by molar-refractivity contribution is 8.26. The average molecular weight is 401 g/mol. The van der Waals surface area contributed by atoms with Crippen LogP contribution >= 0.6 is 24.0 Å². The van der Waals surface area contributed by atoms with E-state index in [-0.39, 0.29) is 18.1 Å². The first-order valence-electron chi connectivity index (χ1n) is 7.84. The third-order valence-corrected chi connectivity index (χ3v) is 4.86. The topological polar surface area (TPSA) is 84.9 Å². The quantitative estimate of drug-likeness (QED) is 0.566. The molecule has 1 aliphatic rings. The lowest BCUT2D eigenvalue weighted by atomic mass is 10.1. The van der Waals surface area contributed by atoms with Crippen LogP contribution in [0.5, 0.6) is 11.5 Å². The number of carboxylic acids is 1. The summed E-state index contributed by atoms with van der Waals surface area (Å²) in [5.74, 6) is -0.188. The molecule has 1 amide bonds. The monoisotopic (exact) mass is 401 g/mol. The Labute approximate surface area is 165 Å². The van der Waals surface area contributed by atoms with Crippen molar-refractivity contribution < 1.29 is 24.2 Å². The molecule has 27 heavy (non-hydrogen) atoms. The second kappa shape index (κ2) is 8.24. The van der Waals surface area contributed by atoms with Crippen molar-refractivity contribution in [2.24, 2.45) is 0 Å². The van der Waals surface area contributed by atoms with Gasteiger partial charge in [0.15, 0.2) is 11.5 Å². The number of amides is 1. The first-order valence-corrected chi connectivity index (χ1v) is 9.06. The van der Waals surface area contributed by atoms with Crippen LogP contribution in [0, 0.1) is 0 Å². The number of aromatic carboxylic acids is 1. The molecular formula is C19H15NO5S2. The molecule has 138 valence electrons. The summed E-state index contributed by atoms with van der Waals surface area (Å²) >= 11 is 6.18. The van der Waals surface area contributed by atoms with E-state index in [1.54, 1.807) is 42.5 Å². The Kier molecular flexibility index (Phi) is 5.78. The van der Waals surface area contributed by atoms with Crippen molar-refractivity contribution in [3.63, 3.8) is 0 Å². The van der Waals surface area contributed by atoms with Crippen molar-refractivity contribution in [3.8, 4) is 11.5 Å². The van der Waals surface area contributed by atoms with Gasteiger partial charge in [-0.3, -0.25) is 4.79 Å². The first kappa shape index (κ1) is 18.9. The minimum absolute atomic E-state index is 0.199. The SMILES string of the molecule is COc1cc(C=C2SC(=S)NC2=O)ccc1OCc1cccc(C(=O)O)c1. The molecule has 0 aliphatic carbocycles. The third-order valence-electron chi connectivity index (χ3n) is 3.70. The summed E-state index contributed by atoms with van der Waals surface area (Å²) in [6.45, 7) is 0.199. The largest absolute Gasteiger partial charge is 0.493 e. The Bertz CT molecular complexity index is 955. The number of carbonyl (C=O) groups excluding carboxylic acids is 1. The van der Waals surface area contributed by atoms with E-state index in [1.807, 2.05) is 0 Å². The zero-order chi connectivity index (χ0) is 19.4. The molecule has 0 saturated carbocycles. The molecule has 0 spiro atoms. The standard InChI is InChI=1S/C19H15NO5S2/c1-24-15-8-11(9-16-17(21)20-19(26)27-16)5-6-14(15)25-10-12-3-2-4-13(7-12)18(22)23/h2-9H,10H2,1H3,(H,22,23)(H,20,21,26). The van der Waals surface area contributed by atoms with Gasteiger partial charge < -0.3 is 19.9 Å². The van der Waals surface area contributed by atoms with Crippen LogP contribution in [-0.4, -0.2) is 28.4 Å². The van der Waals surface area contributed by atoms with Crippen LogP contribution in [0.1, 0.15) is 21.5 Å². The Balaban J connectivity index is 1.76. The maximum atomic E-state index is 11.8. The number of methoxy groups -OCH3 is 1. The van der Waals surface area contributed by atoms with Crippen molar-refractivity contribution in [2.45, 2.75) is 6.61 Å². The number of hydrogen-bond acceptors (Lipinski definition) is 6. The molecule has 1 saturated heterocycles. The van der Waals surface area contributed by atoms with Gasteiger partial charge in [-0.2, -0.15) is 0 Å². The molecule has 2 N–H and O–H groups in total. The predicted octanol–water partition coefficient (Wildman–Crippen LogP) is 3.46. The van der Waals surface area contributed by atoms with E-state index in [9.17, 15) is 9.59 Å². The number of thioether (sulfide) groups is 1. The fraction of sp³-hybridized carbons (Fsp3) is 0.105. The van der Waals surface area contributed by atoms with E-state index >= 15 is 0 Å². The van der Waals surface area contributed by atoms with Gasteiger partial charge in [-0.05, 0) is 41.5 Å². The number of rotatable bonds is 6. The average Bonchev–Trinajstić information content (AvgIpc) is 2.97. The number of hydrogen-bond donors (Lipinski definition) is 2. The molecule has 6 nitrogen and oxygen atoms in total. The predicted molar refractivity (Wildman–Crippen MR) is 107 cm³/mol. The molecule has 1 aliphatic heterocycles. The van der Waals surface area contributed by atoms with Crippen LogP contribution in [0.2, 0.25) is 0 Å². The Hall–Kier alpha value is -2.84. The number of thiocarbonyl (C=S) groups is 1. The summed E-state index contributed by atoms with van der Waals surface area (Å²) in [7, 11) is 1.52. The normalized spacial score (nSPS) is 14.9. The molecule has 0 unspecified atom stereocenters. The van der Waals surface area contributed by atoms with Crippen molar-refractivity contribution in [3.05, 3.63) is 64.1 Å². The molecule has 8 heteroatoms. The molecule has 0 bridgehead atoms. The number of nitrogens with one attached hydrogen (secondary N) is 1. The summed E-state index contributed by atoms with van der Waals surface area (Å²) in [6.07, 6.45) is 1.72. The maximum Gasteiger partial charge on any atom is 0.335 e. The van der Waals surface area contributed by atoms with Crippen LogP contribution in [-0.2, 0) is 11.4 Å². The van der Waals surface area contributed by atoms with Crippen molar-refractivity contribution >= 4 is 46.3 Å². The van der Waals surface area contributed by atoms with Gasteiger partial charge >= 0.3 is 5.97 Å². The van der Waals surface area contributed by atoms with Gasteiger partial charge in [0.25, 0.3) is 5.91 Å². The van der Waals surface area contributed by atoms with E-state index in [4.69, 9.17) is 26.8 Å². The van der Waals surface area contributed by atoms with Gasteiger partial charge in [-0.25, -0.2) is 4.79 Å².